The molecule has 1 aromatic heterocycles. The maximum atomic E-state index is 15.1. The maximum absolute atomic E-state index is 15.1. The Balaban J connectivity index is 1.47. The Morgan fingerprint density at radius 3 is 2.65 bits per heavy atom. The third-order valence-electron chi connectivity index (χ3n) is 6.60. The number of fused-ring (bicyclic) bond motifs is 2. The number of hydrogen-bond acceptors (Lipinski definition) is 4. The Morgan fingerprint density at radius 1 is 1.08 bits per heavy atom. The largest absolute Gasteiger partial charge is 0.489 e. The topological polar surface area (TPSA) is 54.5 Å². The molecule has 10 heteroatoms. The average molecular weight is 544 g/mol. The summed E-state index contributed by atoms with van der Waals surface area (Å²) in [5, 5.41) is 0.950. The quantitative estimate of drug-likeness (QED) is 0.221. The average Bonchev–Trinajstić information content (AvgIpc) is 3.75. The summed E-state index contributed by atoms with van der Waals surface area (Å²) in [5.74, 6) is -2.70. The van der Waals surface area contributed by atoms with E-state index >= 15 is 4.39 Å². The summed E-state index contributed by atoms with van der Waals surface area (Å²) >= 11 is 11.7. The van der Waals surface area contributed by atoms with E-state index in [2.05, 4.69) is 10.4 Å². The van der Waals surface area contributed by atoms with Crippen molar-refractivity contribution in [2.24, 2.45) is 0 Å². The van der Waals surface area contributed by atoms with E-state index in [1.165, 1.54) is 18.3 Å². The first kappa shape index (κ1) is 23.9. The molecule has 0 atom stereocenters. The van der Waals surface area contributed by atoms with Crippen molar-refractivity contribution in [3.63, 3.8) is 0 Å². The van der Waals surface area contributed by atoms with E-state index in [1.807, 2.05) is 24.3 Å². The Bertz CT molecular complexity index is 1590. The van der Waals surface area contributed by atoms with Crippen LogP contribution in [0.5, 0.6) is 5.75 Å². The predicted molar refractivity (Wildman–Crippen MR) is 136 cm³/mol. The summed E-state index contributed by atoms with van der Waals surface area (Å²) in [7, 11) is 0. The van der Waals surface area contributed by atoms with Crippen molar-refractivity contribution in [2.75, 3.05) is 18.2 Å². The molecule has 5 nitrogen and oxygen atoms in total. The van der Waals surface area contributed by atoms with Gasteiger partial charge in [-0.15, -0.1) is 0 Å². The number of pyridine rings is 1. The van der Waals surface area contributed by atoms with Crippen LogP contribution >= 0.6 is 23.2 Å². The summed E-state index contributed by atoms with van der Waals surface area (Å²) in [6, 6.07) is 11.1. The fourth-order valence-electron chi connectivity index (χ4n) is 4.73. The van der Waals surface area contributed by atoms with Gasteiger partial charge in [0, 0.05) is 22.7 Å². The van der Waals surface area contributed by atoms with E-state index in [0.717, 1.165) is 24.6 Å². The molecule has 1 saturated carbocycles. The number of aromatic nitrogens is 1. The molecule has 0 radical (unpaired) electrons. The zero-order valence-corrected chi connectivity index (χ0v) is 20.6. The standard InChI is InChI=1S/C27H18Cl2F3N3O2/c28-17-11-15(24(31)23(29)25(17)32)22-18(30)8-7-14-21(13-5-6-13)16(12-33-26(14)22)27(36)34-35-9-10-37-20-4-2-1-3-19(20)35/h1-4,7-8,11-13H,5-6,9-10H2,(H,34,36). The summed E-state index contributed by atoms with van der Waals surface area (Å²) in [6.07, 6.45) is 3.05. The van der Waals surface area contributed by atoms with Crippen molar-refractivity contribution in [1.29, 1.82) is 0 Å². The lowest BCUT2D eigenvalue weighted by Gasteiger charge is -2.31. The molecule has 4 aromatic rings. The van der Waals surface area contributed by atoms with E-state index in [-0.39, 0.29) is 28.5 Å². The van der Waals surface area contributed by atoms with Gasteiger partial charge < -0.3 is 4.74 Å². The van der Waals surface area contributed by atoms with Crippen LogP contribution in [0.25, 0.3) is 22.0 Å². The monoisotopic (exact) mass is 543 g/mol. The zero-order valence-electron chi connectivity index (χ0n) is 19.1. The van der Waals surface area contributed by atoms with Gasteiger partial charge >= 0.3 is 0 Å². The van der Waals surface area contributed by atoms with Crippen molar-refractivity contribution in [2.45, 2.75) is 18.8 Å². The first-order chi connectivity index (χ1) is 17.8. The van der Waals surface area contributed by atoms with Crippen LogP contribution in [-0.4, -0.2) is 24.0 Å². The van der Waals surface area contributed by atoms with Gasteiger partial charge in [-0.3, -0.25) is 20.2 Å². The molecule has 1 fully saturated rings. The second kappa shape index (κ2) is 9.11. The normalized spacial score (nSPS) is 14.9. The molecule has 188 valence electrons. The Labute approximate surface area is 219 Å². The molecule has 1 N–H and O–H groups in total. The molecule has 1 aliphatic carbocycles. The highest BCUT2D eigenvalue weighted by atomic mass is 35.5. The van der Waals surface area contributed by atoms with E-state index in [1.54, 1.807) is 5.01 Å². The molecule has 0 spiro atoms. The van der Waals surface area contributed by atoms with Crippen molar-refractivity contribution < 1.29 is 22.7 Å². The third kappa shape index (κ3) is 4.04. The summed E-state index contributed by atoms with van der Waals surface area (Å²) in [4.78, 5) is 17.9. The lowest BCUT2D eigenvalue weighted by Crippen LogP contribution is -2.46. The van der Waals surface area contributed by atoms with Gasteiger partial charge in [-0.2, -0.15) is 0 Å². The fraction of sp³-hybridized carbons (Fsp3) is 0.185. The number of hydrogen-bond donors (Lipinski definition) is 1. The second-order valence-electron chi connectivity index (χ2n) is 8.94. The molecule has 2 heterocycles. The number of rotatable bonds is 4. The summed E-state index contributed by atoms with van der Waals surface area (Å²) in [6.45, 7) is 0.850. The van der Waals surface area contributed by atoms with E-state index in [0.29, 0.717) is 35.4 Å². The molecule has 3 aromatic carbocycles. The highest BCUT2D eigenvalue weighted by Crippen LogP contribution is 2.47. The Hall–Kier alpha value is -3.49. The number of carbonyl (C=O) groups is 1. The molecule has 1 amide bonds. The van der Waals surface area contributed by atoms with Crippen LogP contribution in [-0.2, 0) is 0 Å². The zero-order chi connectivity index (χ0) is 25.8. The predicted octanol–water partition coefficient (Wildman–Crippen LogP) is 7.05. The molecule has 6 rings (SSSR count). The Morgan fingerprint density at radius 2 is 1.86 bits per heavy atom. The van der Waals surface area contributed by atoms with Crippen LogP contribution in [0, 0.1) is 17.5 Å². The van der Waals surface area contributed by atoms with Gasteiger partial charge in [0.1, 0.15) is 23.2 Å². The number of nitrogens with one attached hydrogen (secondary N) is 1. The minimum absolute atomic E-state index is 0.0618. The number of nitrogens with zero attached hydrogens (tertiary/aromatic N) is 2. The van der Waals surface area contributed by atoms with Crippen molar-refractivity contribution in [3.05, 3.63) is 87.3 Å². The van der Waals surface area contributed by atoms with Gasteiger partial charge in [0.15, 0.2) is 11.6 Å². The first-order valence-corrected chi connectivity index (χ1v) is 12.4. The highest BCUT2D eigenvalue weighted by molar-refractivity contribution is 6.35. The molecule has 0 unspecified atom stereocenters. The SMILES string of the molecule is O=C(NN1CCOc2ccccc21)c1cnc2c(-c3cc(Cl)c(F)c(Cl)c3F)c(F)ccc2c1C1CC1. The van der Waals surface area contributed by atoms with E-state index < -0.39 is 27.5 Å². The van der Waals surface area contributed by atoms with Gasteiger partial charge in [-0.25, -0.2) is 13.2 Å². The summed E-state index contributed by atoms with van der Waals surface area (Å²) in [5.41, 5.74) is 4.32. The van der Waals surface area contributed by atoms with Crippen LogP contribution in [0.3, 0.4) is 0 Å². The van der Waals surface area contributed by atoms with Crippen LogP contribution in [0.2, 0.25) is 10.0 Å². The summed E-state index contributed by atoms with van der Waals surface area (Å²) < 4.78 is 49.8. The number of hydrazine groups is 1. The number of amides is 1. The number of halogens is 5. The van der Waals surface area contributed by atoms with E-state index in [9.17, 15) is 13.6 Å². The van der Waals surface area contributed by atoms with Crippen LogP contribution in [0.15, 0.2) is 48.7 Å². The van der Waals surface area contributed by atoms with Crippen molar-refractivity contribution >= 4 is 45.7 Å². The number of ether oxygens (including phenoxy) is 1. The minimum atomic E-state index is -1.14. The minimum Gasteiger partial charge on any atom is -0.489 e. The second-order valence-corrected chi connectivity index (χ2v) is 9.72. The molecule has 1 aliphatic heterocycles. The van der Waals surface area contributed by atoms with Crippen molar-refractivity contribution in [3.8, 4) is 16.9 Å². The van der Waals surface area contributed by atoms with Crippen molar-refractivity contribution in [1.82, 2.24) is 10.4 Å². The number of para-hydroxylation sites is 2. The molecule has 2 aliphatic rings. The molecule has 37 heavy (non-hydrogen) atoms. The maximum Gasteiger partial charge on any atom is 0.271 e. The number of carbonyl (C=O) groups excluding carboxylic acids is 1. The van der Waals surface area contributed by atoms with Gasteiger partial charge in [0.2, 0.25) is 0 Å². The highest BCUT2D eigenvalue weighted by Gasteiger charge is 2.33. The van der Waals surface area contributed by atoms with Gasteiger partial charge in [-0.05, 0) is 54.7 Å². The Kier molecular flexibility index (Phi) is 5.88. The number of benzene rings is 3. The smallest absolute Gasteiger partial charge is 0.271 e. The van der Waals surface area contributed by atoms with Crippen LogP contribution in [0.4, 0.5) is 18.9 Å². The molecular weight excluding hydrogens is 526 g/mol. The van der Waals surface area contributed by atoms with Crippen LogP contribution in [0.1, 0.15) is 34.7 Å². The lowest BCUT2D eigenvalue weighted by atomic mass is 9.94. The van der Waals surface area contributed by atoms with E-state index in [4.69, 9.17) is 27.9 Å². The molecule has 0 saturated heterocycles. The fourth-order valence-corrected chi connectivity index (χ4v) is 5.19. The van der Waals surface area contributed by atoms with Gasteiger partial charge in [0.05, 0.1) is 28.3 Å². The number of anilines is 1. The van der Waals surface area contributed by atoms with Gasteiger partial charge in [0.25, 0.3) is 5.91 Å². The first-order valence-electron chi connectivity index (χ1n) is 11.6. The van der Waals surface area contributed by atoms with Gasteiger partial charge in [-0.1, -0.05) is 35.3 Å². The molecular formula is C27H18Cl2F3N3O2. The third-order valence-corrected chi connectivity index (χ3v) is 7.20. The lowest BCUT2D eigenvalue weighted by molar-refractivity contribution is 0.0944. The van der Waals surface area contributed by atoms with Crippen LogP contribution < -0.4 is 15.2 Å². The molecule has 0 bridgehead atoms.